The number of aryl methyl sites for hydroxylation is 2. The first-order valence-corrected chi connectivity index (χ1v) is 8.33. The van der Waals surface area contributed by atoms with Gasteiger partial charge in [0.15, 0.2) is 0 Å². The summed E-state index contributed by atoms with van der Waals surface area (Å²) in [5.74, 6) is 0.187. The zero-order valence-corrected chi connectivity index (χ0v) is 13.7. The van der Waals surface area contributed by atoms with E-state index in [0.29, 0.717) is 17.9 Å². The van der Waals surface area contributed by atoms with Crippen molar-refractivity contribution in [1.29, 1.82) is 0 Å². The number of furan rings is 1. The first-order valence-electron chi connectivity index (χ1n) is 8.33. The topological polar surface area (TPSA) is 71.3 Å². The third-order valence-electron chi connectivity index (χ3n) is 4.57. The summed E-state index contributed by atoms with van der Waals surface area (Å²) in [5, 5.41) is 7.56. The first kappa shape index (κ1) is 15.4. The fourth-order valence-corrected chi connectivity index (χ4v) is 3.36. The summed E-state index contributed by atoms with van der Waals surface area (Å²) in [6.07, 6.45) is 3.60. The molecular formula is C20H18N2O3. The number of hydrogen-bond donors (Lipinski definition) is 2. The Bertz CT molecular complexity index is 935. The van der Waals surface area contributed by atoms with Crippen LogP contribution in [0.2, 0.25) is 0 Å². The number of benzene rings is 2. The summed E-state index contributed by atoms with van der Waals surface area (Å²) in [5.41, 5.74) is 3.19. The summed E-state index contributed by atoms with van der Waals surface area (Å²) in [7, 11) is 0. The van der Waals surface area contributed by atoms with Crippen molar-refractivity contribution in [3.8, 4) is 0 Å². The molecule has 0 fully saturated rings. The van der Waals surface area contributed by atoms with Gasteiger partial charge in [0.05, 0.1) is 19.4 Å². The molecule has 0 bridgehead atoms. The predicted molar refractivity (Wildman–Crippen MR) is 94.2 cm³/mol. The van der Waals surface area contributed by atoms with Crippen molar-refractivity contribution in [2.45, 2.75) is 19.4 Å². The highest BCUT2D eigenvalue weighted by Crippen LogP contribution is 2.32. The van der Waals surface area contributed by atoms with Gasteiger partial charge in [0, 0.05) is 5.56 Å². The van der Waals surface area contributed by atoms with E-state index >= 15 is 0 Å². The van der Waals surface area contributed by atoms with Gasteiger partial charge in [-0.25, -0.2) is 0 Å². The number of hydrogen-bond acceptors (Lipinski definition) is 3. The van der Waals surface area contributed by atoms with Crippen LogP contribution in [-0.4, -0.2) is 18.4 Å². The van der Waals surface area contributed by atoms with Crippen molar-refractivity contribution in [1.82, 2.24) is 10.6 Å². The molecule has 0 saturated heterocycles. The van der Waals surface area contributed by atoms with Gasteiger partial charge in [-0.15, -0.1) is 0 Å². The van der Waals surface area contributed by atoms with E-state index in [1.165, 1.54) is 16.5 Å². The van der Waals surface area contributed by atoms with Gasteiger partial charge in [-0.1, -0.05) is 24.3 Å². The van der Waals surface area contributed by atoms with Crippen LogP contribution in [0.4, 0.5) is 0 Å². The highest BCUT2D eigenvalue weighted by atomic mass is 16.3. The molecule has 0 radical (unpaired) electrons. The summed E-state index contributed by atoms with van der Waals surface area (Å²) in [6.45, 7) is 0.241. The van der Waals surface area contributed by atoms with E-state index in [2.05, 4.69) is 16.7 Å². The summed E-state index contributed by atoms with van der Waals surface area (Å²) < 4.78 is 5.15. The lowest BCUT2D eigenvalue weighted by molar-refractivity contribution is -0.120. The molecule has 0 saturated carbocycles. The molecule has 1 heterocycles. The summed E-state index contributed by atoms with van der Waals surface area (Å²) >= 11 is 0. The minimum absolute atomic E-state index is 0.0670. The quantitative estimate of drug-likeness (QED) is 0.753. The zero-order valence-electron chi connectivity index (χ0n) is 13.7. The van der Waals surface area contributed by atoms with Crippen LogP contribution >= 0.6 is 0 Å². The Morgan fingerprint density at radius 3 is 2.60 bits per heavy atom. The second kappa shape index (κ2) is 6.43. The molecule has 1 aliphatic carbocycles. The molecule has 2 aromatic carbocycles. The van der Waals surface area contributed by atoms with Crippen molar-refractivity contribution in [2.24, 2.45) is 0 Å². The fraction of sp³-hybridized carbons (Fsp3) is 0.200. The Labute approximate surface area is 145 Å². The van der Waals surface area contributed by atoms with Crippen LogP contribution in [0.1, 0.15) is 27.2 Å². The van der Waals surface area contributed by atoms with Crippen molar-refractivity contribution in [3.63, 3.8) is 0 Å². The maximum absolute atomic E-state index is 12.5. The molecule has 3 aromatic rings. The Hall–Kier alpha value is -3.08. The van der Waals surface area contributed by atoms with Gasteiger partial charge >= 0.3 is 0 Å². The van der Waals surface area contributed by atoms with E-state index < -0.39 is 0 Å². The molecule has 5 heteroatoms. The van der Waals surface area contributed by atoms with Gasteiger partial charge in [-0.05, 0) is 52.9 Å². The van der Waals surface area contributed by atoms with Crippen molar-refractivity contribution in [3.05, 3.63) is 71.2 Å². The Balaban J connectivity index is 1.43. The van der Waals surface area contributed by atoms with Crippen LogP contribution in [0, 0.1) is 0 Å². The molecule has 0 unspecified atom stereocenters. The van der Waals surface area contributed by atoms with Crippen LogP contribution in [0.3, 0.4) is 0 Å². The molecular weight excluding hydrogens is 316 g/mol. The lowest BCUT2D eigenvalue weighted by Crippen LogP contribution is -2.36. The third-order valence-corrected chi connectivity index (χ3v) is 4.57. The third kappa shape index (κ3) is 3.01. The van der Waals surface area contributed by atoms with Gasteiger partial charge in [-0.3, -0.25) is 9.59 Å². The van der Waals surface area contributed by atoms with Crippen molar-refractivity contribution in [2.75, 3.05) is 6.54 Å². The van der Waals surface area contributed by atoms with E-state index in [-0.39, 0.29) is 18.4 Å². The minimum atomic E-state index is -0.254. The van der Waals surface area contributed by atoms with Crippen LogP contribution in [0.5, 0.6) is 0 Å². The highest BCUT2D eigenvalue weighted by molar-refractivity contribution is 6.09. The summed E-state index contributed by atoms with van der Waals surface area (Å²) in [4.78, 5) is 24.4. The average Bonchev–Trinajstić information content (AvgIpc) is 3.29. The second-order valence-corrected chi connectivity index (χ2v) is 6.15. The van der Waals surface area contributed by atoms with Crippen LogP contribution < -0.4 is 10.6 Å². The van der Waals surface area contributed by atoms with E-state index in [9.17, 15) is 9.59 Å². The maximum Gasteiger partial charge on any atom is 0.252 e. The normalized spacial score (nSPS) is 12.3. The highest BCUT2D eigenvalue weighted by Gasteiger charge is 2.18. The second-order valence-electron chi connectivity index (χ2n) is 6.15. The Morgan fingerprint density at radius 2 is 1.80 bits per heavy atom. The van der Waals surface area contributed by atoms with E-state index in [4.69, 9.17) is 4.42 Å². The molecule has 0 spiro atoms. The monoisotopic (exact) mass is 334 g/mol. The molecule has 2 N–H and O–H groups in total. The van der Waals surface area contributed by atoms with E-state index in [1.807, 2.05) is 24.3 Å². The first-order chi connectivity index (χ1) is 12.2. The molecule has 1 aromatic heterocycles. The Kier molecular flexibility index (Phi) is 3.98. The number of amides is 2. The van der Waals surface area contributed by atoms with Crippen LogP contribution in [0.15, 0.2) is 53.1 Å². The predicted octanol–water partition coefficient (Wildman–Crippen LogP) is 2.58. The smallest absolute Gasteiger partial charge is 0.252 e. The molecule has 5 nitrogen and oxygen atoms in total. The lowest BCUT2D eigenvalue weighted by atomic mass is 9.99. The maximum atomic E-state index is 12.5. The van der Waals surface area contributed by atoms with E-state index in [1.54, 1.807) is 18.4 Å². The number of carbonyl (C=O) groups excluding carboxylic acids is 2. The molecule has 1 aliphatic rings. The number of carbonyl (C=O) groups is 2. The molecule has 0 atom stereocenters. The largest absolute Gasteiger partial charge is 0.467 e. The van der Waals surface area contributed by atoms with Gasteiger partial charge in [0.25, 0.3) is 5.91 Å². The molecule has 4 rings (SSSR count). The van der Waals surface area contributed by atoms with Gasteiger partial charge in [0.1, 0.15) is 5.76 Å². The SMILES string of the molecule is O=C(CNC(=O)c1ccc2c3c(cccc13)CC2)NCc1ccco1. The van der Waals surface area contributed by atoms with Gasteiger partial charge in [-0.2, -0.15) is 0 Å². The molecule has 0 aliphatic heterocycles. The lowest BCUT2D eigenvalue weighted by Gasteiger charge is -2.10. The number of nitrogens with one attached hydrogen (secondary N) is 2. The van der Waals surface area contributed by atoms with Gasteiger partial charge < -0.3 is 15.1 Å². The average molecular weight is 334 g/mol. The van der Waals surface area contributed by atoms with Crippen LogP contribution in [-0.2, 0) is 24.2 Å². The van der Waals surface area contributed by atoms with Crippen molar-refractivity contribution < 1.29 is 14.0 Å². The van der Waals surface area contributed by atoms with Crippen LogP contribution in [0.25, 0.3) is 10.8 Å². The standard InChI is InChI=1S/C20H18N2O3/c23-18(21-11-15-4-2-10-25-15)12-22-20(24)17-9-8-14-7-6-13-3-1-5-16(17)19(13)14/h1-5,8-10H,6-7,11-12H2,(H,21,23)(H,22,24). The fourth-order valence-electron chi connectivity index (χ4n) is 3.36. The molecule has 25 heavy (non-hydrogen) atoms. The van der Waals surface area contributed by atoms with Crippen molar-refractivity contribution >= 4 is 22.6 Å². The van der Waals surface area contributed by atoms with E-state index in [0.717, 1.165) is 18.2 Å². The summed E-state index contributed by atoms with van der Waals surface area (Å²) in [6, 6.07) is 13.5. The Morgan fingerprint density at radius 1 is 0.960 bits per heavy atom. The molecule has 2 amide bonds. The molecule has 126 valence electrons. The minimum Gasteiger partial charge on any atom is -0.467 e. The zero-order chi connectivity index (χ0) is 17.2. The van der Waals surface area contributed by atoms with Gasteiger partial charge in [0.2, 0.25) is 5.91 Å². The number of rotatable bonds is 5.